The number of ketones is 1. The highest BCUT2D eigenvalue weighted by atomic mass is 19.4. The molecule has 3 aromatic rings. The molecule has 1 aromatic heterocycles. The minimum Gasteiger partial charge on any atom is -0.319 e. The summed E-state index contributed by atoms with van der Waals surface area (Å²) in [5, 5.41) is 9.50. The molecule has 10 heteroatoms. The molecule has 0 radical (unpaired) electrons. The molecular formula is C28H23F3N4O3. The van der Waals surface area contributed by atoms with E-state index < -0.39 is 23.8 Å². The van der Waals surface area contributed by atoms with Gasteiger partial charge in [-0.05, 0) is 66.9 Å². The van der Waals surface area contributed by atoms with Crippen molar-refractivity contribution in [2.75, 3.05) is 11.9 Å². The average Bonchev–Trinajstić information content (AvgIpc) is 2.87. The van der Waals surface area contributed by atoms with E-state index in [2.05, 4.69) is 6.07 Å². The summed E-state index contributed by atoms with van der Waals surface area (Å²) in [6.45, 7) is 2.83. The molecule has 0 aliphatic carbocycles. The Morgan fingerprint density at radius 3 is 2.34 bits per heavy atom. The van der Waals surface area contributed by atoms with Crippen LogP contribution in [0.4, 0.5) is 23.7 Å². The summed E-state index contributed by atoms with van der Waals surface area (Å²) in [5.41, 5.74) is 0.892. The van der Waals surface area contributed by atoms with E-state index >= 15 is 0 Å². The van der Waals surface area contributed by atoms with Crippen molar-refractivity contribution in [3.05, 3.63) is 99.1 Å². The summed E-state index contributed by atoms with van der Waals surface area (Å²) in [5.74, 6) is -0.386. The number of hydrogen-bond acceptors (Lipinski definition) is 4. The maximum absolute atomic E-state index is 13.6. The number of likely N-dealkylation sites (N-methyl/N-ethyl adjacent to an activating group) is 1. The summed E-state index contributed by atoms with van der Waals surface area (Å²) < 4.78 is 41.5. The number of anilines is 1. The monoisotopic (exact) mass is 520 g/mol. The van der Waals surface area contributed by atoms with Gasteiger partial charge in [0.05, 0.1) is 28.9 Å². The molecule has 7 nitrogen and oxygen atoms in total. The van der Waals surface area contributed by atoms with Crippen LogP contribution < -0.4 is 10.5 Å². The number of pyridine rings is 1. The van der Waals surface area contributed by atoms with Crippen LogP contribution >= 0.6 is 0 Å². The standard InChI is InChI=1S/C28H23F3N4O3/c1-16-25(17(2)36)26(34(4)27(38)35(16)21-7-5-6-20(14-21)28(29,30)31)22-9-8-18(15-32)12-23(22)19-10-11-33(3)24(37)13-19/h5-14,26H,1-4H3. The number of urea groups is 1. The number of alkyl halides is 3. The molecule has 1 aliphatic heterocycles. The molecule has 0 saturated carbocycles. The van der Waals surface area contributed by atoms with Crippen molar-refractivity contribution in [1.29, 1.82) is 5.26 Å². The fourth-order valence-corrected chi connectivity index (χ4v) is 4.69. The summed E-state index contributed by atoms with van der Waals surface area (Å²) in [6, 6.07) is 12.7. The van der Waals surface area contributed by atoms with Crippen LogP contribution in [-0.2, 0) is 18.0 Å². The molecule has 0 spiro atoms. The van der Waals surface area contributed by atoms with Crippen LogP contribution in [0.2, 0.25) is 0 Å². The highest BCUT2D eigenvalue weighted by Gasteiger charge is 2.41. The lowest BCUT2D eigenvalue weighted by atomic mass is 9.85. The number of allylic oxidation sites excluding steroid dienone is 1. The van der Waals surface area contributed by atoms with Gasteiger partial charge in [0.2, 0.25) is 0 Å². The summed E-state index contributed by atoms with van der Waals surface area (Å²) in [7, 11) is 3.05. The normalized spacial score (nSPS) is 16.1. The van der Waals surface area contributed by atoms with E-state index in [-0.39, 0.29) is 28.3 Å². The second kappa shape index (κ2) is 9.67. The molecular weight excluding hydrogens is 497 g/mol. The molecule has 1 aliphatic rings. The van der Waals surface area contributed by atoms with Gasteiger partial charge in [-0.15, -0.1) is 0 Å². The minimum absolute atomic E-state index is 0.0296. The van der Waals surface area contributed by atoms with Crippen molar-refractivity contribution in [3.63, 3.8) is 0 Å². The Hall–Kier alpha value is -4.65. The van der Waals surface area contributed by atoms with Crippen LogP contribution in [0.5, 0.6) is 0 Å². The van der Waals surface area contributed by atoms with Crippen LogP contribution in [-0.4, -0.2) is 28.3 Å². The lowest BCUT2D eigenvalue weighted by Crippen LogP contribution is -2.49. The van der Waals surface area contributed by atoms with Crippen molar-refractivity contribution >= 4 is 17.5 Å². The maximum atomic E-state index is 13.6. The van der Waals surface area contributed by atoms with Gasteiger partial charge < -0.3 is 9.47 Å². The predicted molar refractivity (Wildman–Crippen MR) is 135 cm³/mol. The number of carbonyl (C=O) groups excluding carboxylic acids is 2. The van der Waals surface area contributed by atoms with E-state index in [0.29, 0.717) is 22.3 Å². The fraction of sp³-hybridized carbons (Fsp3) is 0.214. The average molecular weight is 521 g/mol. The lowest BCUT2D eigenvalue weighted by molar-refractivity contribution is -0.137. The van der Waals surface area contributed by atoms with Gasteiger partial charge in [-0.25, -0.2) is 4.79 Å². The zero-order valence-corrected chi connectivity index (χ0v) is 21.0. The van der Waals surface area contributed by atoms with Crippen LogP contribution in [0.1, 0.15) is 36.6 Å². The SMILES string of the molecule is CC(=O)C1=C(C)N(c2cccc(C(F)(F)F)c2)C(=O)N(C)C1c1ccc(C#N)cc1-c1ccn(C)c(=O)c1. The first-order valence-electron chi connectivity index (χ1n) is 11.5. The van der Waals surface area contributed by atoms with Gasteiger partial charge in [0, 0.05) is 37.6 Å². The molecule has 0 N–H and O–H groups in total. The van der Waals surface area contributed by atoms with Gasteiger partial charge in [-0.2, -0.15) is 18.4 Å². The Morgan fingerprint density at radius 1 is 1.03 bits per heavy atom. The van der Waals surface area contributed by atoms with Crippen molar-refractivity contribution in [2.45, 2.75) is 26.1 Å². The number of halogens is 3. The molecule has 2 aromatic carbocycles. The van der Waals surface area contributed by atoms with E-state index in [4.69, 9.17) is 0 Å². The van der Waals surface area contributed by atoms with Gasteiger partial charge >= 0.3 is 12.2 Å². The van der Waals surface area contributed by atoms with Gasteiger partial charge in [0.1, 0.15) is 0 Å². The zero-order valence-electron chi connectivity index (χ0n) is 21.0. The van der Waals surface area contributed by atoms with Crippen LogP contribution in [0.15, 0.2) is 76.9 Å². The van der Waals surface area contributed by atoms with E-state index in [0.717, 1.165) is 17.0 Å². The van der Waals surface area contributed by atoms with Gasteiger partial charge in [0.25, 0.3) is 5.56 Å². The number of aromatic nitrogens is 1. The highest BCUT2D eigenvalue weighted by molar-refractivity contribution is 6.05. The molecule has 0 bridgehead atoms. The largest absolute Gasteiger partial charge is 0.416 e. The molecule has 194 valence electrons. The van der Waals surface area contributed by atoms with Gasteiger partial charge in [-0.1, -0.05) is 12.1 Å². The number of benzene rings is 2. The molecule has 4 rings (SSSR count). The number of amides is 2. The number of Topliss-reactive ketones (excluding diaryl/α,β-unsaturated/α-hetero) is 1. The molecule has 2 amide bonds. The number of nitrogens with zero attached hydrogens (tertiary/aromatic N) is 4. The minimum atomic E-state index is -4.62. The Morgan fingerprint density at radius 2 is 1.74 bits per heavy atom. The van der Waals surface area contributed by atoms with E-state index in [1.54, 1.807) is 37.5 Å². The Kier molecular flexibility index (Phi) is 6.72. The lowest BCUT2D eigenvalue weighted by Gasteiger charge is -2.42. The first-order chi connectivity index (χ1) is 17.8. The third-order valence-electron chi connectivity index (χ3n) is 6.58. The topological polar surface area (TPSA) is 86.4 Å². The smallest absolute Gasteiger partial charge is 0.319 e. The third-order valence-corrected chi connectivity index (χ3v) is 6.58. The first-order valence-corrected chi connectivity index (χ1v) is 11.5. The van der Waals surface area contributed by atoms with E-state index in [9.17, 15) is 32.8 Å². The molecule has 38 heavy (non-hydrogen) atoms. The van der Waals surface area contributed by atoms with Gasteiger partial charge in [0.15, 0.2) is 5.78 Å². The molecule has 0 saturated heterocycles. The van der Waals surface area contributed by atoms with Crippen LogP contribution in [0.3, 0.4) is 0 Å². The number of nitriles is 1. The number of aryl methyl sites for hydroxylation is 1. The number of carbonyl (C=O) groups is 2. The number of rotatable bonds is 4. The second-order valence-corrected chi connectivity index (χ2v) is 9.01. The third kappa shape index (κ3) is 4.59. The van der Waals surface area contributed by atoms with E-state index in [1.807, 2.05) is 0 Å². The second-order valence-electron chi connectivity index (χ2n) is 9.01. The molecule has 0 fully saturated rings. The quantitative estimate of drug-likeness (QED) is 0.460. The van der Waals surface area contributed by atoms with Crippen molar-refractivity contribution < 1.29 is 22.8 Å². The highest BCUT2D eigenvalue weighted by Crippen LogP contribution is 2.43. The van der Waals surface area contributed by atoms with Crippen LogP contribution in [0, 0.1) is 11.3 Å². The number of hydrogen-bond donors (Lipinski definition) is 0. The molecule has 1 atom stereocenters. The van der Waals surface area contributed by atoms with E-state index in [1.165, 1.54) is 48.6 Å². The summed E-state index contributed by atoms with van der Waals surface area (Å²) >= 11 is 0. The Balaban J connectivity index is 1.96. The zero-order chi connectivity index (χ0) is 27.9. The van der Waals surface area contributed by atoms with Crippen molar-refractivity contribution in [3.8, 4) is 17.2 Å². The Labute approximate surface area is 216 Å². The Bertz CT molecular complexity index is 1600. The maximum Gasteiger partial charge on any atom is 0.416 e. The molecule has 2 heterocycles. The van der Waals surface area contributed by atoms with Crippen molar-refractivity contribution in [2.24, 2.45) is 7.05 Å². The van der Waals surface area contributed by atoms with Crippen LogP contribution in [0.25, 0.3) is 11.1 Å². The predicted octanol–water partition coefficient (Wildman–Crippen LogP) is 5.42. The summed E-state index contributed by atoms with van der Waals surface area (Å²) in [4.78, 5) is 41.4. The fourth-order valence-electron chi connectivity index (χ4n) is 4.69. The molecule has 1 unspecified atom stereocenters. The first kappa shape index (κ1) is 26.4. The van der Waals surface area contributed by atoms with Gasteiger partial charge in [-0.3, -0.25) is 14.5 Å². The summed E-state index contributed by atoms with van der Waals surface area (Å²) in [6.07, 6.45) is -3.05. The van der Waals surface area contributed by atoms with Crippen molar-refractivity contribution in [1.82, 2.24) is 9.47 Å².